The maximum Gasteiger partial charge on any atom is 0.421 e. The van der Waals surface area contributed by atoms with Crippen LogP contribution in [-0.4, -0.2) is 38.0 Å². The van der Waals surface area contributed by atoms with Gasteiger partial charge in [-0.3, -0.25) is 9.00 Å². The molecule has 5 nitrogen and oxygen atoms in total. The van der Waals surface area contributed by atoms with Crippen LogP contribution in [0.1, 0.15) is 44.2 Å². The molecule has 9 heteroatoms. The molecule has 1 aromatic heterocycles. The van der Waals surface area contributed by atoms with Crippen molar-refractivity contribution in [1.82, 2.24) is 4.98 Å². The zero-order valence-electron chi connectivity index (χ0n) is 18.7. The van der Waals surface area contributed by atoms with Crippen LogP contribution in [0.3, 0.4) is 0 Å². The van der Waals surface area contributed by atoms with Crippen molar-refractivity contribution in [1.29, 1.82) is 0 Å². The molecule has 2 unspecified atom stereocenters. The zero-order valence-corrected chi connectivity index (χ0v) is 19.5. The van der Waals surface area contributed by atoms with Gasteiger partial charge in [0, 0.05) is 27.2 Å². The van der Waals surface area contributed by atoms with E-state index in [-0.39, 0.29) is 23.8 Å². The monoisotopic (exact) mass is 482 g/mol. The molecule has 3 rings (SSSR count). The molecular weight excluding hydrogens is 453 g/mol. The molecule has 0 aliphatic heterocycles. The number of rotatable bonds is 9. The molecule has 1 amide bonds. The van der Waals surface area contributed by atoms with Gasteiger partial charge in [0.25, 0.3) is 0 Å². The number of aliphatic hydroxyl groups is 1. The SMILES string of the molecule is C=S(=O)(CC1CC1)c1ccc(CC(=O)Nc2ccc(C(O)(CC(C)C)C(F)(F)F)cc2)cn1. The van der Waals surface area contributed by atoms with Crippen LogP contribution in [0.2, 0.25) is 0 Å². The van der Waals surface area contributed by atoms with Gasteiger partial charge in [0.05, 0.1) is 6.42 Å². The van der Waals surface area contributed by atoms with E-state index in [0.29, 0.717) is 27.9 Å². The average Bonchev–Trinajstić information content (AvgIpc) is 3.50. The van der Waals surface area contributed by atoms with E-state index in [1.54, 1.807) is 26.0 Å². The van der Waals surface area contributed by atoms with Gasteiger partial charge in [-0.1, -0.05) is 32.0 Å². The second-order valence-corrected chi connectivity index (χ2v) is 11.6. The number of aromatic nitrogens is 1. The number of nitrogens with zero attached hydrogens (tertiary/aromatic N) is 1. The molecule has 180 valence electrons. The number of carbonyl (C=O) groups is 1. The van der Waals surface area contributed by atoms with Crippen LogP contribution in [-0.2, 0) is 26.3 Å². The number of anilines is 1. The summed E-state index contributed by atoms with van der Waals surface area (Å²) in [7, 11) is -2.44. The number of amides is 1. The number of benzene rings is 1. The summed E-state index contributed by atoms with van der Waals surface area (Å²) in [6.45, 7) is 3.21. The smallest absolute Gasteiger partial charge is 0.376 e. The molecule has 0 saturated heterocycles. The highest BCUT2D eigenvalue weighted by molar-refractivity contribution is 8.00. The standard InChI is InChI=1S/C24H29F3N2O3S/c1-16(2)13-23(31,24(25,26)27)19-7-9-20(10-8-19)29-21(30)12-18-6-11-22(28-14-18)33(3,32)15-17-4-5-17/h6-11,14,16-17,31H,3-5,12-13,15H2,1-2H3,(H,29,30). The van der Waals surface area contributed by atoms with Crippen LogP contribution in [0.5, 0.6) is 0 Å². The summed E-state index contributed by atoms with van der Waals surface area (Å²) in [5.74, 6) is 4.04. The second-order valence-electron chi connectivity index (χ2n) is 9.18. The first-order valence-corrected chi connectivity index (χ1v) is 12.7. The van der Waals surface area contributed by atoms with Crippen molar-refractivity contribution >= 4 is 27.0 Å². The van der Waals surface area contributed by atoms with Crippen molar-refractivity contribution in [3.05, 3.63) is 53.7 Å². The summed E-state index contributed by atoms with van der Waals surface area (Å²) < 4.78 is 53.3. The number of hydrogen-bond acceptors (Lipinski definition) is 4. The average molecular weight is 483 g/mol. The minimum absolute atomic E-state index is 0.00414. The third-order valence-corrected chi connectivity index (χ3v) is 7.58. The zero-order chi connectivity index (χ0) is 24.4. The molecule has 33 heavy (non-hydrogen) atoms. The lowest BCUT2D eigenvalue weighted by atomic mass is 9.85. The van der Waals surface area contributed by atoms with Gasteiger partial charge in [0.2, 0.25) is 5.91 Å². The van der Waals surface area contributed by atoms with E-state index >= 15 is 0 Å². The third-order valence-electron chi connectivity index (χ3n) is 5.56. The van der Waals surface area contributed by atoms with Gasteiger partial charge < -0.3 is 10.4 Å². The molecule has 0 radical (unpaired) electrons. The minimum Gasteiger partial charge on any atom is -0.376 e. The Balaban J connectivity index is 1.63. The number of alkyl halides is 3. The van der Waals surface area contributed by atoms with Crippen molar-refractivity contribution in [2.75, 3.05) is 11.1 Å². The molecule has 2 N–H and O–H groups in total. The number of pyridine rings is 1. The highest BCUT2D eigenvalue weighted by Crippen LogP contribution is 2.43. The molecular formula is C24H29F3N2O3S. The summed E-state index contributed by atoms with van der Waals surface area (Å²) in [6, 6.07) is 8.32. The fourth-order valence-corrected chi connectivity index (χ4v) is 5.52. The topological polar surface area (TPSA) is 79.3 Å². The Hall–Kier alpha value is -2.39. The predicted molar refractivity (Wildman–Crippen MR) is 124 cm³/mol. The predicted octanol–water partition coefficient (Wildman–Crippen LogP) is 4.54. The summed E-state index contributed by atoms with van der Waals surface area (Å²) in [6.07, 6.45) is -1.67. The fraction of sp³-hybridized carbons (Fsp3) is 0.458. The van der Waals surface area contributed by atoms with E-state index in [0.717, 1.165) is 12.8 Å². The quantitative estimate of drug-likeness (QED) is 0.514. The number of halogens is 3. The van der Waals surface area contributed by atoms with Crippen LogP contribution >= 0.6 is 0 Å². The number of carbonyl (C=O) groups excluding carboxylic acids is 1. The Labute approximate surface area is 192 Å². The van der Waals surface area contributed by atoms with Crippen LogP contribution < -0.4 is 5.32 Å². The van der Waals surface area contributed by atoms with E-state index in [1.165, 1.54) is 30.5 Å². The Morgan fingerprint density at radius 2 is 1.85 bits per heavy atom. The maximum atomic E-state index is 13.5. The lowest BCUT2D eigenvalue weighted by Gasteiger charge is -2.32. The second kappa shape index (κ2) is 9.46. The fourth-order valence-electron chi connectivity index (χ4n) is 3.69. The largest absolute Gasteiger partial charge is 0.421 e. The van der Waals surface area contributed by atoms with Crippen LogP contribution in [0, 0.1) is 11.8 Å². The van der Waals surface area contributed by atoms with E-state index in [2.05, 4.69) is 16.2 Å². The summed E-state index contributed by atoms with van der Waals surface area (Å²) in [5.41, 5.74) is -2.31. The van der Waals surface area contributed by atoms with Crippen LogP contribution in [0.25, 0.3) is 0 Å². The third kappa shape index (κ3) is 6.35. The molecule has 1 heterocycles. The molecule has 1 saturated carbocycles. The highest BCUT2D eigenvalue weighted by Gasteiger charge is 2.54. The summed E-state index contributed by atoms with van der Waals surface area (Å²) in [4.78, 5) is 16.6. The van der Waals surface area contributed by atoms with Gasteiger partial charge in [0.1, 0.15) is 5.03 Å². The van der Waals surface area contributed by atoms with Crippen molar-refractivity contribution in [2.24, 2.45) is 11.8 Å². The Kier molecular flexibility index (Phi) is 7.24. The van der Waals surface area contributed by atoms with E-state index in [9.17, 15) is 27.3 Å². The van der Waals surface area contributed by atoms with Crippen LogP contribution in [0.4, 0.5) is 18.9 Å². The normalized spacial score (nSPS) is 17.9. The molecule has 2 atom stereocenters. The van der Waals surface area contributed by atoms with Gasteiger partial charge in [-0.2, -0.15) is 13.2 Å². The lowest BCUT2D eigenvalue weighted by Crippen LogP contribution is -2.43. The van der Waals surface area contributed by atoms with E-state index in [1.807, 2.05) is 0 Å². The van der Waals surface area contributed by atoms with Gasteiger partial charge in [-0.15, -0.1) is 0 Å². The molecule has 1 aromatic carbocycles. The number of nitrogens with one attached hydrogen (secondary N) is 1. The maximum absolute atomic E-state index is 13.5. The Bertz CT molecular complexity index is 1080. The number of hydrogen-bond donors (Lipinski definition) is 2. The van der Waals surface area contributed by atoms with E-state index < -0.39 is 27.7 Å². The molecule has 0 spiro atoms. The minimum atomic E-state index is -4.82. The molecule has 1 fully saturated rings. The first kappa shape index (κ1) is 25.2. The van der Waals surface area contributed by atoms with Gasteiger partial charge >= 0.3 is 6.18 Å². The Morgan fingerprint density at radius 3 is 2.33 bits per heavy atom. The molecule has 0 bridgehead atoms. The summed E-state index contributed by atoms with van der Waals surface area (Å²) >= 11 is 0. The van der Waals surface area contributed by atoms with Crippen molar-refractivity contribution < 1.29 is 27.3 Å². The van der Waals surface area contributed by atoms with Crippen molar-refractivity contribution in [3.63, 3.8) is 0 Å². The van der Waals surface area contributed by atoms with Gasteiger partial charge in [-0.25, -0.2) is 4.98 Å². The highest BCUT2D eigenvalue weighted by atomic mass is 32.2. The van der Waals surface area contributed by atoms with E-state index in [4.69, 9.17) is 0 Å². The van der Waals surface area contributed by atoms with Crippen LogP contribution in [0.15, 0.2) is 47.6 Å². The summed E-state index contributed by atoms with van der Waals surface area (Å²) in [5, 5.41) is 13.4. The first-order chi connectivity index (χ1) is 15.3. The van der Waals surface area contributed by atoms with Crippen molar-refractivity contribution in [2.45, 2.75) is 56.3 Å². The van der Waals surface area contributed by atoms with Crippen molar-refractivity contribution in [3.8, 4) is 0 Å². The lowest BCUT2D eigenvalue weighted by molar-refractivity contribution is -0.272. The van der Waals surface area contributed by atoms with Gasteiger partial charge in [-0.05, 0) is 66.3 Å². The van der Waals surface area contributed by atoms with Gasteiger partial charge in [0.15, 0.2) is 5.60 Å². The molecule has 2 aromatic rings. The first-order valence-electron chi connectivity index (χ1n) is 10.8. The Morgan fingerprint density at radius 1 is 1.21 bits per heavy atom. The molecule has 1 aliphatic carbocycles. The molecule has 1 aliphatic rings.